The number of aliphatic hydroxyl groups is 2. The lowest BCUT2D eigenvalue weighted by molar-refractivity contribution is -0.161. The zero-order chi connectivity index (χ0) is 44.0. The van der Waals surface area contributed by atoms with Gasteiger partial charge in [0.1, 0.15) is 12.7 Å². The number of esters is 2. The second kappa shape index (κ2) is 45.0. The van der Waals surface area contributed by atoms with Gasteiger partial charge in [0.15, 0.2) is 6.10 Å². The number of ether oxygens (including phenoxy) is 2. The molecule has 10 nitrogen and oxygen atoms in total. The number of phosphoric acid groups is 1. The summed E-state index contributed by atoms with van der Waals surface area (Å²) >= 11 is 0. The Labute approximate surface area is 366 Å². The van der Waals surface area contributed by atoms with Crippen LogP contribution in [0.25, 0.3) is 0 Å². The zero-order valence-corrected chi connectivity index (χ0v) is 39.1. The van der Waals surface area contributed by atoms with Crippen molar-refractivity contribution in [2.45, 2.75) is 225 Å². The SMILES string of the molecule is CCCCC/C=C\C/C=C\C/C=C\C/C=C\CCCCCC(=O)OC[C@H](COP(=O)(O)OC[C@@H](O)CO)OC(=O)CCCCCCCCCCCCCCCCCCCC. The molecule has 0 saturated carbocycles. The molecule has 0 aliphatic heterocycles. The summed E-state index contributed by atoms with van der Waals surface area (Å²) in [4.78, 5) is 35.1. The number of allylic oxidation sites excluding steroid dienone is 8. The molecule has 3 N–H and O–H groups in total. The Balaban J connectivity index is 4.28. The first kappa shape index (κ1) is 57.9. The third-order valence-corrected chi connectivity index (χ3v) is 11.2. The van der Waals surface area contributed by atoms with Crippen LogP contribution in [0.3, 0.4) is 0 Å². The van der Waals surface area contributed by atoms with E-state index in [1.807, 2.05) is 0 Å². The van der Waals surface area contributed by atoms with E-state index < -0.39 is 51.8 Å². The highest BCUT2D eigenvalue weighted by atomic mass is 31.2. The molecule has 0 aliphatic rings. The van der Waals surface area contributed by atoms with Crippen LogP contribution in [0, 0.1) is 0 Å². The smallest absolute Gasteiger partial charge is 0.462 e. The van der Waals surface area contributed by atoms with Crippen LogP contribution in [0.2, 0.25) is 0 Å². The minimum Gasteiger partial charge on any atom is -0.462 e. The van der Waals surface area contributed by atoms with E-state index in [1.54, 1.807) is 0 Å². The average molecular weight is 869 g/mol. The normalized spacial score (nSPS) is 14.2. The van der Waals surface area contributed by atoms with Crippen molar-refractivity contribution < 1.29 is 47.8 Å². The number of carbonyl (C=O) groups is 2. The Kier molecular flexibility index (Phi) is 43.4. The topological polar surface area (TPSA) is 149 Å². The molecule has 0 fully saturated rings. The van der Waals surface area contributed by atoms with E-state index in [1.165, 1.54) is 116 Å². The van der Waals surface area contributed by atoms with E-state index in [-0.39, 0.29) is 19.4 Å². The highest BCUT2D eigenvalue weighted by Crippen LogP contribution is 2.43. The van der Waals surface area contributed by atoms with E-state index >= 15 is 0 Å². The summed E-state index contributed by atoms with van der Waals surface area (Å²) in [5.41, 5.74) is 0. The lowest BCUT2D eigenvalue weighted by atomic mass is 10.0. The van der Waals surface area contributed by atoms with Crippen molar-refractivity contribution in [2.24, 2.45) is 0 Å². The molecular formula is C49H89O10P. The largest absolute Gasteiger partial charge is 0.472 e. The van der Waals surface area contributed by atoms with Gasteiger partial charge in [0.2, 0.25) is 0 Å². The lowest BCUT2D eigenvalue weighted by Crippen LogP contribution is -2.29. The number of aliphatic hydroxyl groups excluding tert-OH is 2. The highest BCUT2D eigenvalue weighted by Gasteiger charge is 2.27. The zero-order valence-electron chi connectivity index (χ0n) is 38.2. The summed E-state index contributed by atoms with van der Waals surface area (Å²) in [6, 6.07) is 0. The molecule has 0 aromatic carbocycles. The van der Waals surface area contributed by atoms with Crippen molar-refractivity contribution in [3.05, 3.63) is 48.6 Å². The number of hydrogen-bond donors (Lipinski definition) is 3. The van der Waals surface area contributed by atoms with Crippen LogP contribution >= 0.6 is 7.82 Å². The van der Waals surface area contributed by atoms with Crippen molar-refractivity contribution in [1.82, 2.24) is 0 Å². The Morgan fingerprint density at radius 1 is 0.500 bits per heavy atom. The fourth-order valence-electron chi connectivity index (χ4n) is 6.51. The molecule has 1 unspecified atom stereocenters. The molecule has 11 heteroatoms. The maximum absolute atomic E-state index is 12.7. The lowest BCUT2D eigenvalue weighted by Gasteiger charge is -2.20. The average Bonchev–Trinajstić information content (AvgIpc) is 3.24. The van der Waals surface area contributed by atoms with Gasteiger partial charge in [0.25, 0.3) is 0 Å². The molecule has 0 spiro atoms. The summed E-state index contributed by atoms with van der Waals surface area (Å²) in [6.45, 7) is 2.34. The predicted octanol–water partition coefficient (Wildman–Crippen LogP) is 13.3. The third kappa shape index (κ3) is 44.0. The van der Waals surface area contributed by atoms with Gasteiger partial charge in [-0.3, -0.25) is 18.6 Å². The number of phosphoric ester groups is 1. The van der Waals surface area contributed by atoms with Crippen LogP contribution in [0.4, 0.5) is 0 Å². The molecule has 0 aromatic heterocycles. The minimum absolute atomic E-state index is 0.179. The van der Waals surface area contributed by atoms with Crippen molar-refractivity contribution in [3.63, 3.8) is 0 Å². The monoisotopic (exact) mass is 869 g/mol. The molecule has 350 valence electrons. The summed E-state index contributed by atoms with van der Waals surface area (Å²) in [7, 11) is -4.63. The predicted molar refractivity (Wildman–Crippen MR) is 247 cm³/mol. The van der Waals surface area contributed by atoms with Crippen molar-refractivity contribution in [2.75, 3.05) is 26.4 Å². The van der Waals surface area contributed by atoms with Crippen LogP contribution in [0.5, 0.6) is 0 Å². The van der Waals surface area contributed by atoms with Crippen molar-refractivity contribution >= 4 is 19.8 Å². The molecule has 0 rings (SSSR count). The van der Waals surface area contributed by atoms with E-state index in [0.717, 1.165) is 57.8 Å². The van der Waals surface area contributed by atoms with Gasteiger partial charge in [0.05, 0.1) is 19.8 Å². The molecule has 0 saturated heterocycles. The molecule has 0 heterocycles. The van der Waals surface area contributed by atoms with E-state index in [0.29, 0.717) is 12.8 Å². The van der Waals surface area contributed by atoms with Crippen LogP contribution in [-0.4, -0.2) is 65.7 Å². The van der Waals surface area contributed by atoms with Gasteiger partial charge in [-0.1, -0.05) is 191 Å². The standard InChI is InChI=1S/C49H89O10P/c1-3-5-7-9-11-13-15-17-19-21-23-25-26-28-30-32-34-36-38-40-48(52)56-44-47(45-58-60(54,55)57-43-46(51)42-50)59-49(53)41-39-37-35-33-31-29-27-24-22-20-18-16-14-12-10-8-6-4-2/h11,13,17,19,23,25,28,30,46-47,50-51H,3-10,12,14-16,18,20-22,24,26-27,29,31-45H2,1-2H3,(H,54,55)/b13-11-,19-17-,25-23-,30-28-/t46-,47+/m0/s1. The Bertz CT molecular complexity index is 1140. The van der Waals surface area contributed by atoms with Crippen LogP contribution in [0.15, 0.2) is 48.6 Å². The Morgan fingerprint density at radius 2 is 0.867 bits per heavy atom. The second-order valence-electron chi connectivity index (χ2n) is 16.1. The van der Waals surface area contributed by atoms with Gasteiger partial charge in [-0.25, -0.2) is 4.57 Å². The maximum Gasteiger partial charge on any atom is 0.472 e. The fraction of sp³-hybridized carbons (Fsp3) is 0.796. The minimum atomic E-state index is -4.63. The Hall–Kier alpha value is -2.07. The highest BCUT2D eigenvalue weighted by molar-refractivity contribution is 7.47. The molecule has 0 aliphatic carbocycles. The number of hydrogen-bond acceptors (Lipinski definition) is 9. The van der Waals surface area contributed by atoms with Crippen molar-refractivity contribution in [1.29, 1.82) is 0 Å². The van der Waals surface area contributed by atoms with Gasteiger partial charge in [-0.15, -0.1) is 0 Å². The van der Waals surface area contributed by atoms with E-state index in [2.05, 4.69) is 62.5 Å². The number of rotatable bonds is 45. The van der Waals surface area contributed by atoms with Crippen LogP contribution < -0.4 is 0 Å². The van der Waals surface area contributed by atoms with Gasteiger partial charge >= 0.3 is 19.8 Å². The molecule has 3 atom stereocenters. The number of unbranched alkanes of at least 4 members (excludes halogenated alkanes) is 23. The molecular weight excluding hydrogens is 780 g/mol. The first-order chi connectivity index (χ1) is 29.2. The third-order valence-electron chi connectivity index (χ3n) is 10.2. The summed E-state index contributed by atoms with van der Waals surface area (Å²) in [6.07, 6.45) is 49.3. The van der Waals surface area contributed by atoms with Gasteiger partial charge in [0, 0.05) is 12.8 Å². The maximum atomic E-state index is 12.7. The van der Waals surface area contributed by atoms with E-state index in [9.17, 15) is 24.2 Å². The molecule has 0 aromatic rings. The molecule has 0 amide bonds. The van der Waals surface area contributed by atoms with Gasteiger partial charge in [-0.2, -0.15) is 0 Å². The van der Waals surface area contributed by atoms with Gasteiger partial charge < -0.3 is 24.6 Å². The summed E-state index contributed by atoms with van der Waals surface area (Å²) in [5.74, 6) is -0.954. The number of carbonyl (C=O) groups excluding carboxylic acids is 2. The van der Waals surface area contributed by atoms with Crippen LogP contribution in [-0.2, 0) is 32.7 Å². The molecule has 60 heavy (non-hydrogen) atoms. The summed E-state index contributed by atoms with van der Waals surface area (Å²) < 4.78 is 32.8. The Morgan fingerprint density at radius 3 is 1.33 bits per heavy atom. The van der Waals surface area contributed by atoms with E-state index in [4.69, 9.17) is 23.6 Å². The molecule has 0 radical (unpaired) electrons. The van der Waals surface area contributed by atoms with Crippen molar-refractivity contribution in [3.8, 4) is 0 Å². The first-order valence-electron chi connectivity index (χ1n) is 24.1. The fourth-order valence-corrected chi connectivity index (χ4v) is 7.30. The van der Waals surface area contributed by atoms with Gasteiger partial charge in [-0.05, 0) is 57.8 Å². The molecule has 0 bridgehead atoms. The van der Waals surface area contributed by atoms with Crippen LogP contribution in [0.1, 0.15) is 213 Å². The quantitative estimate of drug-likeness (QED) is 0.0234. The first-order valence-corrected chi connectivity index (χ1v) is 25.6. The second-order valence-corrected chi connectivity index (χ2v) is 17.6. The summed E-state index contributed by atoms with van der Waals surface area (Å²) in [5, 5.41) is 18.4.